The largest absolute Gasteiger partial charge is 0.451 e. The molecule has 4 nitrogen and oxygen atoms in total. The molecule has 1 atom stereocenters. The van der Waals surface area contributed by atoms with Crippen molar-refractivity contribution < 1.29 is 14.3 Å². The van der Waals surface area contributed by atoms with Crippen molar-refractivity contribution in [1.29, 1.82) is 0 Å². The van der Waals surface area contributed by atoms with Crippen LogP contribution in [0.25, 0.3) is 22.2 Å². The molecule has 142 valence electrons. The zero-order chi connectivity index (χ0) is 20.2. The molecule has 0 bridgehead atoms. The molecule has 1 aromatic heterocycles. The molecule has 29 heavy (non-hydrogen) atoms. The fourth-order valence-electron chi connectivity index (χ4n) is 3.22. The lowest BCUT2D eigenvalue weighted by Gasteiger charge is -2.14. The quantitative estimate of drug-likeness (QED) is 0.346. The lowest BCUT2D eigenvalue weighted by molar-refractivity contribution is 0.0320. The summed E-state index contributed by atoms with van der Waals surface area (Å²) in [7, 11) is 0. The monoisotopic (exact) mass is 381 g/mol. The molecule has 1 unspecified atom stereocenters. The van der Waals surface area contributed by atoms with Crippen LogP contribution in [0.2, 0.25) is 0 Å². The number of ether oxygens (including phenoxy) is 1. The van der Waals surface area contributed by atoms with Gasteiger partial charge in [0, 0.05) is 16.5 Å². The summed E-state index contributed by atoms with van der Waals surface area (Å²) in [6.45, 7) is 1.59. The van der Waals surface area contributed by atoms with Crippen LogP contribution < -0.4 is 0 Å². The minimum Gasteiger partial charge on any atom is -0.451 e. The number of benzene rings is 3. The van der Waals surface area contributed by atoms with Gasteiger partial charge >= 0.3 is 5.97 Å². The van der Waals surface area contributed by atoms with Gasteiger partial charge in [0.15, 0.2) is 6.10 Å². The first-order valence-corrected chi connectivity index (χ1v) is 9.39. The summed E-state index contributed by atoms with van der Waals surface area (Å²) in [5, 5.41) is 0.691. The third-order valence-corrected chi connectivity index (χ3v) is 4.72. The van der Waals surface area contributed by atoms with Crippen molar-refractivity contribution in [2.75, 3.05) is 0 Å². The summed E-state index contributed by atoms with van der Waals surface area (Å²) in [6, 6.07) is 27.6. The number of carbonyl (C=O) groups is 2. The van der Waals surface area contributed by atoms with Gasteiger partial charge in [-0.15, -0.1) is 0 Å². The van der Waals surface area contributed by atoms with Gasteiger partial charge in [0.2, 0.25) is 5.78 Å². The van der Waals surface area contributed by atoms with E-state index in [1.807, 2.05) is 60.7 Å². The average molecular weight is 381 g/mol. The van der Waals surface area contributed by atoms with E-state index in [0.29, 0.717) is 27.7 Å². The molecule has 0 N–H and O–H groups in total. The number of hydrogen-bond acceptors (Lipinski definition) is 4. The van der Waals surface area contributed by atoms with Crippen molar-refractivity contribution in [2.24, 2.45) is 0 Å². The third-order valence-electron chi connectivity index (χ3n) is 4.72. The van der Waals surface area contributed by atoms with Crippen LogP contribution in [-0.2, 0) is 4.74 Å². The Labute approximate surface area is 168 Å². The molecule has 0 radical (unpaired) electrons. The average Bonchev–Trinajstić information content (AvgIpc) is 2.78. The maximum absolute atomic E-state index is 13.0. The SMILES string of the molecule is CC(OC(=O)c1cc(-c2ccccc2)nc2ccccc12)C(=O)c1ccccc1. The van der Waals surface area contributed by atoms with Crippen LogP contribution in [0.4, 0.5) is 0 Å². The maximum atomic E-state index is 13.0. The normalized spacial score (nSPS) is 11.8. The second-order valence-electron chi connectivity index (χ2n) is 6.72. The van der Waals surface area contributed by atoms with Gasteiger partial charge in [-0.1, -0.05) is 78.9 Å². The number of nitrogens with zero attached hydrogens (tertiary/aromatic N) is 1. The lowest BCUT2D eigenvalue weighted by Crippen LogP contribution is -2.24. The molecular formula is C25H19NO3. The van der Waals surface area contributed by atoms with Crippen LogP contribution in [0, 0.1) is 0 Å². The van der Waals surface area contributed by atoms with E-state index in [4.69, 9.17) is 4.74 Å². The molecule has 4 rings (SSSR count). The van der Waals surface area contributed by atoms with Crippen molar-refractivity contribution >= 4 is 22.7 Å². The first-order chi connectivity index (χ1) is 14.1. The van der Waals surface area contributed by atoms with Crippen molar-refractivity contribution in [1.82, 2.24) is 4.98 Å². The van der Waals surface area contributed by atoms with Crippen LogP contribution in [0.5, 0.6) is 0 Å². The summed E-state index contributed by atoms with van der Waals surface area (Å²) in [5.74, 6) is -0.779. The molecule has 0 saturated carbocycles. The summed E-state index contributed by atoms with van der Waals surface area (Å²) >= 11 is 0. The van der Waals surface area contributed by atoms with E-state index in [2.05, 4.69) is 4.98 Å². The van der Waals surface area contributed by atoms with Gasteiger partial charge in [0.1, 0.15) is 0 Å². The minimum absolute atomic E-state index is 0.236. The van der Waals surface area contributed by atoms with E-state index < -0.39 is 12.1 Å². The van der Waals surface area contributed by atoms with Gasteiger partial charge in [-0.3, -0.25) is 4.79 Å². The number of rotatable bonds is 5. The maximum Gasteiger partial charge on any atom is 0.339 e. The number of hydrogen-bond donors (Lipinski definition) is 0. The summed E-state index contributed by atoms with van der Waals surface area (Å²) in [4.78, 5) is 30.2. The Kier molecular flexibility index (Phi) is 5.16. The molecule has 0 saturated heterocycles. The predicted octanol–water partition coefficient (Wildman–Crippen LogP) is 5.33. The molecule has 0 aliphatic carbocycles. The summed E-state index contributed by atoms with van der Waals surface area (Å²) < 4.78 is 5.54. The van der Waals surface area contributed by atoms with Crippen molar-refractivity contribution in [3.8, 4) is 11.3 Å². The standard InChI is InChI=1S/C25H19NO3/c1-17(24(27)19-12-6-3-7-13-19)29-25(28)21-16-23(18-10-4-2-5-11-18)26-22-15-9-8-14-20(21)22/h2-17H,1H3. The van der Waals surface area contributed by atoms with Crippen LogP contribution >= 0.6 is 0 Å². The molecule has 1 heterocycles. The second-order valence-corrected chi connectivity index (χ2v) is 6.72. The van der Waals surface area contributed by atoms with Crippen molar-refractivity contribution in [2.45, 2.75) is 13.0 Å². The van der Waals surface area contributed by atoms with Gasteiger partial charge in [-0.05, 0) is 19.1 Å². The van der Waals surface area contributed by atoms with E-state index in [0.717, 1.165) is 5.56 Å². The summed E-state index contributed by atoms with van der Waals surface area (Å²) in [5.41, 5.74) is 3.18. The molecule has 0 spiro atoms. The number of fused-ring (bicyclic) bond motifs is 1. The third kappa shape index (κ3) is 3.92. The van der Waals surface area contributed by atoms with Gasteiger partial charge in [-0.25, -0.2) is 9.78 Å². The first kappa shape index (κ1) is 18.6. The lowest BCUT2D eigenvalue weighted by atomic mass is 10.0. The Morgan fingerprint density at radius 2 is 1.45 bits per heavy atom. The number of ketones is 1. The smallest absolute Gasteiger partial charge is 0.339 e. The van der Waals surface area contributed by atoms with Gasteiger partial charge < -0.3 is 4.74 Å². The highest BCUT2D eigenvalue weighted by Crippen LogP contribution is 2.25. The van der Waals surface area contributed by atoms with Gasteiger partial charge in [0.25, 0.3) is 0 Å². The van der Waals surface area contributed by atoms with Gasteiger partial charge in [0.05, 0.1) is 16.8 Å². The second kappa shape index (κ2) is 8.07. The van der Waals surface area contributed by atoms with Gasteiger partial charge in [-0.2, -0.15) is 0 Å². The number of carbonyl (C=O) groups excluding carboxylic acids is 2. The Bertz CT molecular complexity index is 1170. The number of esters is 1. The van der Waals surface area contributed by atoms with Crippen LogP contribution in [-0.4, -0.2) is 22.8 Å². The van der Waals surface area contributed by atoms with E-state index in [9.17, 15) is 9.59 Å². The molecule has 4 aromatic rings. The van der Waals surface area contributed by atoms with Crippen LogP contribution in [0.1, 0.15) is 27.6 Å². The Morgan fingerprint density at radius 3 is 2.17 bits per heavy atom. The molecule has 4 heteroatoms. The van der Waals surface area contributed by atoms with Crippen molar-refractivity contribution in [3.63, 3.8) is 0 Å². The highest BCUT2D eigenvalue weighted by atomic mass is 16.5. The fraction of sp³-hybridized carbons (Fsp3) is 0.0800. The molecule has 0 fully saturated rings. The van der Waals surface area contributed by atoms with Crippen LogP contribution in [0.15, 0.2) is 91.0 Å². The minimum atomic E-state index is -0.892. The Hall–Kier alpha value is -3.79. The molecule has 0 aliphatic heterocycles. The van der Waals surface area contributed by atoms with E-state index >= 15 is 0 Å². The molecular weight excluding hydrogens is 362 g/mol. The zero-order valence-corrected chi connectivity index (χ0v) is 15.9. The topological polar surface area (TPSA) is 56.3 Å². The van der Waals surface area contributed by atoms with E-state index in [-0.39, 0.29) is 5.78 Å². The highest BCUT2D eigenvalue weighted by Gasteiger charge is 2.22. The van der Waals surface area contributed by atoms with Crippen LogP contribution in [0.3, 0.4) is 0 Å². The molecule has 0 amide bonds. The van der Waals surface area contributed by atoms with Crippen molar-refractivity contribution in [3.05, 3.63) is 102 Å². The number of aromatic nitrogens is 1. The Balaban J connectivity index is 1.69. The number of para-hydroxylation sites is 1. The molecule has 0 aliphatic rings. The predicted molar refractivity (Wildman–Crippen MR) is 113 cm³/mol. The summed E-state index contributed by atoms with van der Waals surface area (Å²) in [6.07, 6.45) is -0.892. The highest BCUT2D eigenvalue weighted by molar-refractivity contribution is 6.06. The fourth-order valence-corrected chi connectivity index (χ4v) is 3.22. The first-order valence-electron chi connectivity index (χ1n) is 9.39. The number of Topliss-reactive ketones (excluding diaryl/α,β-unsaturated/α-hetero) is 1. The molecule has 3 aromatic carbocycles. The Morgan fingerprint density at radius 1 is 0.828 bits per heavy atom. The van der Waals surface area contributed by atoms with E-state index in [1.54, 1.807) is 37.3 Å². The van der Waals surface area contributed by atoms with E-state index in [1.165, 1.54) is 0 Å². The zero-order valence-electron chi connectivity index (χ0n) is 15.9. The number of pyridine rings is 1.